The Bertz CT molecular complexity index is 1050. The topological polar surface area (TPSA) is 99.8 Å². The maximum Gasteiger partial charge on any atom is 0.210 e. The van der Waals surface area contributed by atoms with Gasteiger partial charge < -0.3 is 10.4 Å². The van der Waals surface area contributed by atoms with E-state index in [-0.39, 0.29) is 17.2 Å². The summed E-state index contributed by atoms with van der Waals surface area (Å²) in [7, 11) is 0. The predicted molar refractivity (Wildman–Crippen MR) is 110 cm³/mol. The summed E-state index contributed by atoms with van der Waals surface area (Å²) in [4.78, 5) is 11.4. The van der Waals surface area contributed by atoms with E-state index in [1.807, 2.05) is 43.3 Å². The van der Waals surface area contributed by atoms with Gasteiger partial charge in [0.15, 0.2) is 11.5 Å². The van der Waals surface area contributed by atoms with Crippen LogP contribution >= 0.6 is 11.3 Å². The molecule has 0 aliphatic rings. The van der Waals surface area contributed by atoms with Gasteiger partial charge in [0.25, 0.3) is 0 Å². The normalized spacial score (nSPS) is 12.1. The molecule has 0 aliphatic carbocycles. The lowest BCUT2D eigenvalue weighted by Gasteiger charge is -2.04. The molecule has 0 amide bonds. The van der Waals surface area contributed by atoms with E-state index in [4.69, 9.17) is 0 Å². The molecule has 1 aromatic heterocycles. The highest BCUT2D eigenvalue weighted by Gasteiger charge is 2.09. The van der Waals surface area contributed by atoms with Crippen molar-refractivity contribution in [1.82, 2.24) is 10.2 Å². The van der Waals surface area contributed by atoms with E-state index >= 15 is 0 Å². The maximum atomic E-state index is 11.4. The summed E-state index contributed by atoms with van der Waals surface area (Å²) in [5.41, 5.74) is 3.53. The maximum absolute atomic E-state index is 11.4. The number of carbonyl (C=O) groups excluding carboxylic acids is 1. The minimum Gasteiger partial charge on any atom is -0.510 e. The summed E-state index contributed by atoms with van der Waals surface area (Å²) in [6.45, 7) is 4.76. The predicted octanol–water partition coefficient (Wildman–Crippen LogP) is 5.72. The first-order chi connectivity index (χ1) is 13.4. The van der Waals surface area contributed by atoms with Crippen LogP contribution in [0, 0.1) is 6.92 Å². The molecule has 2 N–H and O–H groups in total. The lowest BCUT2D eigenvalue weighted by molar-refractivity contribution is -0.113. The SMILES string of the molecule is CC(=O)/C(N=Nc1ccc(-c2nnc(Nc3ccccc3C)s2)cc1)=C(/C)O. The van der Waals surface area contributed by atoms with E-state index in [0.29, 0.717) is 10.8 Å². The van der Waals surface area contributed by atoms with Gasteiger partial charge in [0.2, 0.25) is 5.13 Å². The zero-order chi connectivity index (χ0) is 20.1. The number of hydrogen-bond donors (Lipinski definition) is 2. The van der Waals surface area contributed by atoms with Crippen LogP contribution in [0.25, 0.3) is 10.6 Å². The van der Waals surface area contributed by atoms with Crippen molar-refractivity contribution < 1.29 is 9.90 Å². The van der Waals surface area contributed by atoms with Crippen LogP contribution in [-0.4, -0.2) is 21.1 Å². The molecule has 0 radical (unpaired) electrons. The van der Waals surface area contributed by atoms with Gasteiger partial charge in [0.1, 0.15) is 10.8 Å². The van der Waals surface area contributed by atoms with Gasteiger partial charge in [0.05, 0.1) is 5.69 Å². The number of azo groups is 1. The van der Waals surface area contributed by atoms with E-state index in [2.05, 4.69) is 25.7 Å². The van der Waals surface area contributed by atoms with Crippen LogP contribution in [0.4, 0.5) is 16.5 Å². The van der Waals surface area contributed by atoms with Crippen LogP contribution in [0.2, 0.25) is 0 Å². The summed E-state index contributed by atoms with van der Waals surface area (Å²) in [5, 5.41) is 30.5. The number of aryl methyl sites for hydroxylation is 1. The van der Waals surface area contributed by atoms with Crippen molar-refractivity contribution in [2.24, 2.45) is 10.2 Å². The lowest BCUT2D eigenvalue weighted by atomic mass is 10.2. The molecule has 0 unspecified atom stereocenters. The molecule has 0 saturated heterocycles. The van der Waals surface area contributed by atoms with Gasteiger partial charge >= 0.3 is 0 Å². The number of anilines is 2. The van der Waals surface area contributed by atoms with Crippen molar-refractivity contribution >= 4 is 33.6 Å². The Morgan fingerprint density at radius 1 is 1.07 bits per heavy atom. The molecule has 3 aromatic rings. The molecule has 0 atom stereocenters. The Labute approximate surface area is 166 Å². The number of aromatic nitrogens is 2. The second-order valence-corrected chi connectivity index (χ2v) is 7.07. The van der Waals surface area contributed by atoms with Crippen LogP contribution in [0.3, 0.4) is 0 Å². The van der Waals surface area contributed by atoms with Crippen molar-refractivity contribution in [1.29, 1.82) is 0 Å². The molecule has 0 spiro atoms. The summed E-state index contributed by atoms with van der Waals surface area (Å²) in [6.07, 6.45) is 0. The number of Topliss-reactive ketones (excluding diaryl/α,β-unsaturated/α-hetero) is 1. The smallest absolute Gasteiger partial charge is 0.210 e. The standard InChI is InChI=1S/C20H19N5O2S/c1-12-6-4-5-7-17(12)21-20-25-24-19(28-20)15-8-10-16(11-9-15)22-23-18(13(2)26)14(3)27/h4-11,26H,1-3H3,(H,21,25)/b18-13+,23-22?. The van der Waals surface area contributed by atoms with Crippen molar-refractivity contribution in [2.45, 2.75) is 20.8 Å². The molecular formula is C20H19N5O2S. The minimum atomic E-state index is -0.345. The Kier molecular flexibility index (Phi) is 5.90. The lowest BCUT2D eigenvalue weighted by Crippen LogP contribution is -1.96. The largest absolute Gasteiger partial charge is 0.510 e. The number of benzene rings is 2. The zero-order valence-electron chi connectivity index (χ0n) is 15.7. The summed E-state index contributed by atoms with van der Waals surface area (Å²) in [6, 6.07) is 15.2. The van der Waals surface area contributed by atoms with Gasteiger partial charge in [-0.3, -0.25) is 4.79 Å². The molecule has 8 heteroatoms. The summed E-state index contributed by atoms with van der Waals surface area (Å²) in [5.74, 6) is -0.502. The second kappa shape index (κ2) is 8.53. The molecule has 2 aromatic carbocycles. The van der Waals surface area contributed by atoms with Gasteiger partial charge in [-0.1, -0.05) is 29.5 Å². The summed E-state index contributed by atoms with van der Waals surface area (Å²) < 4.78 is 0. The Hall–Kier alpha value is -3.39. The Balaban J connectivity index is 1.74. The Morgan fingerprint density at radius 2 is 1.79 bits per heavy atom. The van der Waals surface area contributed by atoms with Crippen molar-refractivity contribution in [3.63, 3.8) is 0 Å². The third-order valence-corrected chi connectivity index (χ3v) is 4.76. The first-order valence-corrected chi connectivity index (χ1v) is 9.35. The third-order valence-electron chi connectivity index (χ3n) is 3.87. The van der Waals surface area contributed by atoms with Gasteiger partial charge in [0, 0.05) is 18.2 Å². The quantitative estimate of drug-likeness (QED) is 0.317. The van der Waals surface area contributed by atoms with E-state index < -0.39 is 0 Å². The molecule has 3 rings (SSSR count). The number of hydrogen-bond acceptors (Lipinski definition) is 8. The molecule has 0 saturated carbocycles. The fourth-order valence-electron chi connectivity index (χ4n) is 2.39. The van der Waals surface area contributed by atoms with E-state index in [1.165, 1.54) is 25.2 Å². The number of nitrogens with one attached hydrogen (secondary N) is 1. The van der Waals surface area contributed by atoms with Crippen molar-refractivity contribution in [2.75, 3.05) is 5.32 Å². The second-order valence-electron chi connectivity index (χ2n) is 6.09. The highest BCUT2D eigenvalue weighted by atomic mass is 32.1. The van der Waals surface area contributed by atoms with Crippen molar-refractivity contribution in [3.8, 4) is 10.6 Å². The van der Waals surface area contributed by atoms with Gasteiger partial charge in [-0.25, -0.2) is 0 Å². The van der Waals surface area contributed by atoms with Crippen LogP contribution in [0.1, 0.15) is 19.4 Å². The van der Waals surface area contributed by atoms with Gasteiger partial charge in [-0.2, -0.15) is 5.11 Å². The number of ketones is 1. The molecule has 142 valence electrons. The van der Waals surface area contributed by atoms with Crippen LogP contribution in [-0.2, 0) is 4.79 Å². The first kappa shape index (κ1) is 19.4. The number of para-hydroxylation sites is 1. The minimum absolute atomic E-state index is 0.0554. The van der Waals surface area contributed by atoms with Crippen LogP contribution in [0.5, 0.6) is 0 Å². The van der Waals surface area contributed by atoms with E-state index in [0.717, 1.165) is 21.8 Å². The zero-order valence-corrected chi connectivity index (χ0v) is 16.5. The van der Waals surface area contributed by atoms with Crippen molar-refractivity contribution in [3.05, 3.63) is 65.6 Å². The highest BCUT2D eigenvalue weighted by molar-refractivity contribution is 7.18. The number of aliphatic hydroxyl groups excluding tert-OH is 1. The third kappa shape index (κ3) is 4.66. The summed E-state index contributed by atoms with van der Waals surface area (Å²) >= 11 is 1.45. The van der Waals surface area contributed by atoms with Gasteiger partial charge in [-0.15, -0.1) is 15.3 Å². The van der Waals surface area contributed by atoms with E-state index in [9.17, 15) is 9.90 Å². The monoisotopic (exact) mass is 393 g/mol. The Morgan fingerprint density at radius 3 is 2.43 bits per heavy atom. The molecule has 1 heterocycles. The number of aliphatic hydroxyl groups is 1. The molecule has 0 bridgehead atoms. The molecular weight excluding hydrogens is 374 g/mol. The fourth-order valence-corrected chi connectivity index (χ4v) is 3.16. The first-order valence-electron chi connectivity index (χ1n) is 8.53. The molecule has 7 nitrogen and oxygen atoms in total. The van der Waals surface area contributed by atoms with Crippen LogP contribution < -0.4 is 5.32 Å². The fraction of sp³-hybridized carbons (Fsp3) is 0.150. The van der Waals surface area contributed by atoms with Gasteiger partial charge in [-0.05, 0) is 49.7 Å². The van der Waals surface area contributed by atoms with Crippen LogP contribution in [0.15, 0.2) is 70.2 Å². The number of carbonyl (C=O) groups is 1. The van der Waals surface area contributed by atoms with E-state index in [1.54, 1.807) is 12.1 Å². The number of rotatable bonds is 6. The molecule has 28 heavy (non-hydrogen) atoms. The number of nitrogens with zero attached hydrogens (tertiary/aromatic N) is 4. The molecule has 0 aliphatic heterocycles. The average molecular weight is 393 g/mol. The highest BCUT2D eigenvalue weighted by Crippen LogP contribution is 2.30. The average Bonchev–Trinajstić information content (AvgIpc) is 3.12. The number of allylic oxidation sites excluding steroid dienone is 2. The molecule has 0 fully saturated rings.